The smallest absolute Gasteiger partial charge is 0.152 e. The topological polar surface area (TPSA) is 27.1 Å². The number of nitrogens with zero attached hydrogens (tertiary/aromatic N) is 1. The van der Waals surface area contributed by atoms with Crippen LogP contribution in [0.15, 0.2) is 12.1 Å². The number of rotatable bonds is 1. The monoisotopic (exact) mass is 224 g/mol. The van der Waals surface area contributed by atoms with Crippen molar-refractivity contribution in [1.82, 2.24) is 0 Å². The van der Waals surface area contributed by atoms with E-state index in [0.717, 1.165) is 12.8 Å². The number of anilines is 1. The molecule has 0 saturated carbocycles. The Kier molecular flexibility index (Phi) is 2.90. The number of amidine groups is 1. The summed E-state index contributed by atoms with van der Waals surface area (Å²) in [5.74, 6) is -0.837. The standard InChI is InChI=1S/C12H14F2N2/c1-8-5-6-9(13)12(11(8)14)16-7-3-2-4-10(16)15/h5-6,15H,2-4,7H2,1H3. The minimum Gasteiger partial charge on any atom is -0.325 e. The molecule has 2 rings (SSSR count). The third kappa shape index (κ3) is 1.79. The van der Waals surface area contributed by atoms with E-state index < -0.39 is 11.6 Å². The summed E-state index contributed by atoms with van der Waals surface area (Å²) >= 11 is 0. The predicted octanol–water partition coefficient (Wildman–Crippen LogP) is 3.24. The number of hydrogen-bond donors (Lipinski definition) is 1. The van der Waals surface area contributed by atoms with Gasteiger partial charge in [-0.2, -0.15) is 0 Å². The van der Waals surface area contributed by atoms with Crippen molar-refractivity contribution in [1.29, 1.82) is 5.41 Å². The van der Waals surface area contributed by atoms with Crippen LogP contribution in [0.25, 0.3) is 0 Å². The van der Waals surface area contributed by atoms with E-state index in [2.05, 4.69) is 0 Å². The maximum absolute atomic E-state index is 13.8. The minimum atomic E-state index is -0.588. The number of hydrogen-bond acceptors (Lipinski definition) is 1. The maximum atomic E-state index is 13.8. The first-order valence-corrected chi connectivity index (χ1v) is 5.41. The summed E-state index contributed by atoms with van der Waals surface area (Å²) < 4.78 is 27.5. The van der Waals surface area contributed by atoms with E-state index in [0.29, 0.717) is 24.4 Å². The number of nitrogens with one attached hydrogen (secondary N) is 1. The normalized spacial score (nSPS) is 16.7. The SMILES string of the molecule is Cc1ccc(F)c(N2CCCCC2=N)c1F. The van der Waals surface area contributed by atoms with Gasteiger partial charge in [0.05, 0.1) is 0 Å². The van der Waals surface area contributed by atoms with Gasteiger partial charge in [0.1, 0.15) is 17.3 Å². The highest BCUT2D eigenvalue weighted by molar-refractivity contribution is 5.96. The quantitative estimate of drug-likeness (QED) is 0.779. The Balaban J connectivity index is 2.46. The Bertz CT molecular complexity index is 429. The molecule has 1 fully saturated rings. The first kappa shape index (κ1) is 11.0. The van der Waals surface area contributed by atoms with Crippen LogP contribution in [0.4, 0.5) is 14.5 Å². The highest BCUT2D eigenvalue weighted by Crippen LogP contribution is 2.28. The molecule has 1 aliphatic heterocycles. The Hall–Kier alpha value is -1.45. The second-order valence-electron chi connectivity index (χ2n) is 4.08. The number of benzene rings is 1. The zero-order chi connectivity index (χ0) is 11.7. The lowest BCUT2D eigenvalue weighted by atomic mass is 10.1. The van der Waals surface area contributed by atoms with Gasteiger partial charge in [0.25, 0.3) is 0 Å². The molecule has 86 valence electrons. The maximum Gasteiger partial charge on any atom is 0.152 e. The highest BCUT2D eigenvalue weighted by Gasteiger charge is 2.23. The lowest BCUT2D eigenvalue weighted by Gasteiger charge is -2.30. The molecule has 0 aromatic heterocycles. The van der Waals surface area contributed by atoms with Gasteiger partial charge in [-0.1, -0.05) is 6.07 Å². The van der Waals surface area contributed by atoms with Gasteiger partial charge in [0.15, 0.2) is 5.82 Å². The van der Waals surface area contributed by atoms with E-state index in [-0.39, 0.29) is 5.69 Å². The van der Waals surface area contributed by atoms with Crippen molar-refractivity contribution in [3.8, 4) is 0 Å². The van der Waals surface area contributed by atoms with Crippen LogP contribution >= 0.6 is 0 Å². The summed E-state index contributed by atoms with van der Waals surface area (Å²) in [6.45, 7) is 2.13. The number of halogens is 2. The average molecular weight is 224 g/mol. The molecule has 0 amide bonds. The summed E-state index contributed by atoms with van der Waals surface area (Å²) in [7, 11) is 0. The Morgan fingerprint density at radius 3 is 2.69 bits per heavy atom. The van der Waals surface area contributed by atoms with Crippen molar-refractivity contribution < 1.29 is 8.78 Å². The first-order chi connectivity index (χ1) is 7.61. The molecular weight excluding hydrogens is 210 g/mol. The third-order valence-corrected chi connectivity index (χ3v) is 2.90. The summed E-state index contributed by atoms with van der Waals surface area (Å²) in [6, 6.07) is 2.68. The van der Waals surface area contributed by atoms with Crippen molar-refractivity contribution >= 4 is 11.5 Å². The summed E-state index contributed by atoms with van der Waals surface area (Å²) in [5, 5.41) is 7.74. The van der Waals surface area contributed by atoms with E-state index in [1.165, 1.54) is 17.0 Å². The van der Waals surface area contributed by atoms with Crippen molar-refractivity contribution in [3.05, 3.63) is 29.3 Å². The van der Waals surface area contributed by atoms with Gasteiger partial charge in [-0.25, -0.2) is 8.78 Å². The molecule has 16 heavy (non-hydrogen) atoms. The largest absolute Gasteiger partial charge is 0.325 e. The second-order valence-corrected chi connectivity index (χ2v) is 4.08. The van der Waals surface area contributed by atoms with Crippen LogP contribution < -0.4 is 4.90 Å². The van der Waals surface area contributed by atoms with Crippen LogP contribution in [0.2, 0.25) is 0 Å². The van der Waals surface area contributed by atoms with Gasteiger partial charge < -0.3 is 4.90 Å². The molecule has 1 heterocycles. The van der Waals surface area contributed by atoms with E-state index >= 15 is 0 Å². The molecule has 0 atom stereocenters. The van der Waals surface area contributed by atoms with Gasteiger partial charge in [0.2, 0.25) is 0 Å². The van der Waals surface area contributed by atoms with Crippen LogP contribution in [0, 0.1) is 24.0 Å². The Morgan fingerprint density at radius 1 is 1.25 bits per heavy atom. The molecule has 2 nitrogen and oxygen atoms in total. The molecular formula is C12H14F2N2. The fraction of sp³-hybridized carbons (Fsp3) is 0.417. The molecule has 0 aliphatic carbocycles. The molecule has 0 radical (unpaired) electrons. The second kappa shape index (κ2) is 4.20. The van der Waals surface area contributed by atoms with Gasteiger partial charge >= 0.3 is 0 Å². The van der Waals surface area contributed by atoms with E-state index in [1.54, 1.807) is 6.92 Å². The molecule has 0 unspecified atom stereocenters. The van der Waals surface area contributed by atoms with Crippen LogP contribution in [0.5, 0.6) is 0 Å². The number of aryl methyl sites for hydroxylation is 1. The van der Waals surface area contributed by atoms with Gasteiger partial charge in [-0.3, -0.25) is 5.41 Å². The molecule has 1 aromatic carbocycles. The Morgan fingerprint density at radius 2 is 2.00 bits per heavy atom. The number of piperidine rings is 1. The lowest BCUT2D eigenvalue weighted by Crippen LogP contribution is -2.36. The first-order valence-electron chi connectivity index (χ1n) is 5.41. The summed E-state index contributed by atoms with van der Waals surface area (Å²) in [6.07, 6.45) is 2.38. The average Bonchev–Trinajstić information content (AvgIpc) is 2.27. The molecule has 0 spiro atoms. The van der Waals surface area contributed by atoms with E-state index in [9.17, 15) is 8.78 Å². The summed E-state index contributed by atoms with van der Waals surface area (Å²) in [5.41, 5.74) is 0.347. The summed E-state index contributed by atoms with van der Waals surface area (Å²) in [4.78, 5) is 1.45. The van der Waals surface area contributed by atoms with Gasteiger partial charge in [0, 0.05) is 13.0 Å². The van der Waals surface area contributed by atoms with Crippen LogP contribution in [-0.4, -0.2) is 12.4 Å². The van der Waals surface area contributed by atoms with Gasteiger partial charge in [-0.15, -0.1) is 0 Å². The van der Waals surface area contributed by atoms with Crippen molar-refractivity contribution in [3.63, 3.8) is 0 Å². The van der Waals surface area contributed by atoms with Crippen molar-refractivity contribution in [2.24, 2.45) is 0 Å². The van der Waals surface area contributed by atoms with Crippen molar-refractivity contribution in [2.75, 3.05) is 11.4 Å². The molecule has 1 aliphatic rings. The lowest BCUT2D eigenvalue weighted by molar-refractivity contribution is 0.568. The van der Waals surface area contributed by atoms with Crippen LogP contribution in [-0.2, 0) is 0 Å². The highest BCUT2D eigenvalue weighted by atomic mass is 19.1. The fourth-order valence-corrected chi connectivity index (χ4v) is 1.97. The molecule has 1 aromatic rings. The minimum absolute atomic E-state index is 0.0651. The van der Waals surface area contributed by atoms with E-state index in [1.807, 2.05) is 0 Å². The Labute approximate surface area is 93.4 Å². The zero-order valence-electron chi connectivity index (χ0n) is 9.19. The fourth-order valence-electron chi connectivity index (χ4n) is 1.97. The third-order valence-electron chi connectivity index (χ3n) is 2.90. The molecule has 0 bridgehead atoms. The predicted molar refractivity (Wildman–Crippen MR) is 60.0 cm³/mol. The van der Waals surface area contributed by atoms with E-state index in [4.69, 9.17) is 5.41 Å². The van der Waals surface area contributed by atoms with Crippen LogP contribution in [0.3, 0.4) is 0 Å². The molecule has 4 heteroatoms. The van der Waals surface area contributed by atoms with Gasteiger partial charge in [-0.05, 0) is 31.4 Å². The zero-order valence-corrected chi connectivity index (χ0v) is 9.19. The molecule has 1 saturated heterocycles. The molecule has 1 N–H and O–H groups in total. The van der Waals surface area contributed by atoms with Crippen LogP contribution in [0.1, 0.15) is 24.8 Å². The van der Waals surface area contributed by atoms with Crippen molar-refractivity contribution in [2.45, 2.75) is 26.2 Å².